The molecule has 0 aliphatic heterocycles. The van der Waals surface area contributed by atoms with Gasteiger partial charge in [-0.2, -0.15) is 0 Å². The molecule has 0 bridgehead atoms. The van der Waals surface area contributed by atoms with E-state index in [1.165, 1.54) is 225 Å². The summed E-state index contributed by atoms with van der Waals surface area (Å²) in [5, 5.41) is 0. The summed E-state index contributed by atoms with van der Waals surface area (Å²) in [7, 11) is 0. The summed E-state index contributed by atoms with van der Waals surface area (Å²) < 4.78 is 16.9. The van der Waals surface area contributed by atoms with E-state index < -0.39 is 6.10 Å². The Hall–Kier alpha value is -2.63. The second kappa shape index (κ2) is 58.9. The maximum atomic E-state index is 12.9. The molecule has 0 aliphatic carbocycles. The van der Waals surface area contributed by atoms with Crippen LogP contribution < -0.4 is 0 Å². The Bertz CT molecular complexity index is 1220. The topological polar surface area (TPSA) is 78.9 Å². The fraction of sp³-hybridized carbons (Fsp3) is 0.828. The number of rotatable bonds is 56. The van der Waals surface area contributed by atoms with Crippen LogP contribution in [0.3, 0.4) is 0 Å². The minimum atomic E-state index is -0.774. The molecule has 0 spiro atoms. The lowest BCUT2D eigenvalue weighted by Gasteiger charge is -2.18. The van der Waals surface area contributed by atoms with Gasteiger partial charge < -0.3 is 14.2 Å². The van der Waals surface area contributed by atoms with Gasteiger partial charge in [0, 0.05) is 19.3 Å². The standard InChI is InChI=1S/C64H116O6/c1-4-7-10-13-16-19-22-25-28-30-32-34-36-39-42-45-48-51-54-57-63(66)69-60-61(59-68-62(65)56-53-50-47-44-41-38-27-24-21-18-15-12-9-6-3)70-64(67)58-55-52-49-46-43-40-37-35-33-31-29-26-23-20-17-14-11-8-5-2/h16-17,19-20,22-23,25-26,61H,4-15,18,21,24,27-60H2,1-3H3/b19-16-,20-17-,25-22-,26-23-. The van der Waals surface area contributed by atoms with Crippen LogP contribution in [0.1, 0.15) is 323 Å². The zero-order valence-corrected chi connectivity index (χ0v) is 46.8. The van der Waals surface area contributed by atoms with E-state index in [0.29, 0.717) is 19.3 Å². The number of unbranched alkanes of at least 4 members (excludes halogenated alkanes) is 39. The quantitative estimate of drug-likeness (QED) is 0.0261. The van der Waals surface area contributed by atoms with Crippen molar-refractivity contribution >= 4 is 17.9 Å². The molecule has 0 rings (SSSR count). The number of hydrogen-bond acceptors (Lipinski definition) is 6. The van der Waals surface area contributed by atoms with Gasteiger partial charge in [-0.05, 0) is 70.6 Å². The number of carbonyl (C=O) groups excluding carboxylic acids is 3. The fourth-order valence-electron chi connectivity index (χ4n) is 8.96. The number of carbonyl (C=O) groups is 3. The van der Waals surface area contributed by atoms with Crippen molar-refractivity contribution < 1.29 is 28.6 Å². The molecule has 0 amide bonds. The van der Waals surface area contributed by atoms with Gasteiger partial charge in [-0.3, -0.25) is 14.4 Å². The van der Waals surface area contributed by atoms with Crippen molar-refractivity contribution in [1.29, 1.82) is 0 Å². The van der Waals surface area contributed by atoms with Crippen molar-refractivity contribution in [2.24, 2.45) is 0 Å². The van der Waals surface area contributed by atoms with Crippen molar-refractivity contribution in [3.8, 4) is 0 Å². The first-order valence-electron chi connectivity index (χ1n) is 30.7. The van der Waals surface area contributed by atoms with E-state index in [4.69, 9.17) is 14.2 Å². The van der Waals surface area contributed by atoms with Gasteiger partial charge >= 0.3 is 17.9 Å². The largest absolute Gasteiger partial charge is 0.462 e. The Morgan fingerprint density at radius 1 is 0.286 bits per heavy atom. The smallest absolute Gasteiger partial charge is 0.306 e. The van der Waals surface area contributed by atoms with E-state index in [0.717, 1.165) is 57.8 Å². The molecular weight excluding hydrogens is 865 g/mol. The molecule has 0 aromatic heterocycles. The molecular formula is C64H116O6. The van der Waals surface area contributed by atoms with Crippen molar-refractivity contribution in [2.45, 2.75) is 329 Å². The highest BCUT2D eigenvalue weighted by Crippen LogP contribution is 2.17. The third-order valence-electron chi connectivity index (χ3n) is 13.6. The predicted molar refractivity (Wildman–Crippen MR) is 302 cm³/mol. The summed E-state index contributed by atoms with van der Waals surface area (Å²) in [5.74, 6) is -0.860. The summed E-state index contributed by atoms with van der Waals surface area (Å²) in [6.07, 6.45) is 72.4. The number of allylic oxidation sites excluding steroid dienone is 8. The van der Waals surface area contributed by atoms with Crippen molar-refractivity contribution in [3.63, 3.8) is 0 Å². The Morgan fingerprint density at radius 3 is 0.786 bits per heavy atom. The number of hydrogen-bond donors (Lipinski definition) is 0. The zero-order chi connectivity index (χ0) is 50.7. The third-order valence-corrected chi connectivity index (χ3v) is 13.6. The van der Waals surface area contributed by atoms with Crippen molar-refractivity contribution in [1.82, 2.24) is 0 Å². The summed E-state index contributed by atoms with van der Waals surface area (Å²) in [4.78, 5) is 38.3. The van der Waals surface area contributed by atoms with Crippen LogP contribution in [0.5, 0.6) is 0 Å². The summed E-state index contributed by atoms with van der Waals surface area (Å²) in [6.45, 7) is 6.62. The molecule has 0 aliphatic rings. The highest BCUT2D eigenvalue weighted by atomic mass is 16.6. The van der Waals surface area contributed by atoms with Crippen LogP contribution in [0.15, 0.2) is 48.6 Å². The first kappa shape index (κ1) is 67.4. The number of esters is 3. The average Bonchev–Trinajstić information content (AvgIpc) is 3.36. The van der Waals surface area contributed by atoms with E-state index in [9.17, 15) is 14.4 Å². The van der Waals surface area contributed by atoms with Gasteiger partial charge in [-0.25, -0.2) is 0 Å². The molecule has 0 fully saturated rings. The second-order valence-electron chi connectivity index (χ2n) is 20.7. The molecule has 0 heterocycles. The molecule has 0 saturated heterocycles. The molecule has 6 nitrogen and oxygen atoms in total. The summed E-state index contributed by atoms with van der Waals surface area (Å²) in [5.41, 5.74) is 0. The SMILES string of the molecule is CCCCC/C=C\C=C/CCCCCCCCCCCCC(=O)OCC(COC(=O)CCCCCCCCCCCCCCCC)OC(=O)CCCCCCCCCCCC/C=C\C=C/CCCCC. The Morgan fingerprint density at radius 2 is 0.500 bits per heavy atom. The number of ether oxygens (including phenoxy) is 3. The van der Waals surface area contributed by atoms with Crippen LogP contribution >= 0.6 is 0 Å². The minimum Gasteiger partial charge on any atom is -0.462 e. The molecule has 0 saturated carbocycles. The van der Waals surface area contributed by atoms with Crippen LogP contribution in [0.2, 0.25) is 0 Å². The predicted octanol–water partition coefficient (Wildman–Crippen LogP) is 20.6. The van der Waals surface area contributed by atoms with E-state index in [1.807, 2.05) is 0 Å². The second-order valence-corrected chi connectivity index (χ2v) is 20.7. The van der Waals surface area contributed by atoms with Crippen LogP contribution in [-0.2, 0) is 28.6 Å². The highest BCUT2D eigenvalue weighted by molar-refractivity contribution is 5.71. The van der Waals surface area contributed by atoms with Crippen molar-refractivity contribution in [2.75, 3.05) is 13.2 Å². The van der Waals surface area contributed by atoms with Gasteiger partial charge in [0.05, 0.1) is 0 Å². The Kier molecular flexibility index (Phi) is 56.7. The van der Waals surface area contributed by atoms with Gasteiger partial charge in [0.1, 0.15) is 13.2 Å². The lowest BCUT2D eigenvalue weighted by Crippen LogP contribution is -2.30. The summed E-state index contributed by atoms with van der Waals surface area (Å²) >= 11 is 0. The van der Waals surface area contributed by atoms with Crippen molar-refractivity contribution in [3.05, 3.63) is 48.6 Å². The van der Waals surface area contributed by atoms with E-state index >= 15 is 0 Å². The van der Waals surface area contributed by atoms with Gasteiger partial charge in [-0.1, -0.05) is 281 Å². The third kappa shape index (κ3) is 56.3. The zero-order valence-electron chi connectivity index (χ0n) is 46.8. The minimum absolute atomic E-state index is 0.0718. The molecule has 0 aromatic rings. The molecule has 0 N–H and O–H groups in total. The maximum absolute atomic E-state index is 12.9. The lowest BCUT2D eigenvalue weighted by molar-refractivity contribution is -0.167. The van der Waals surface area contributed by atoms with E-state index in [2.05, 4.69) is 69.4 Å². The average molecular weight is 982 g/mol. The molecule has 6 heteroatoms. The highest BCUT2D eigenvalue weighted by Gasteiger charge is 2.19. The monoisotopic (exact) mass is 981 g/mol. The molecule has 1 atom stereocenters. The first-order valence-corrected chi connectivity index (χ1v) is 30.7. The Labute approximate surface area is 435 Å². The summed E-state index contributed by atoms with van der Waals surface area (Å²) in [6, 6.07) is 0. The molecule has 0 aromatic carbocycles. The molecule has 1 unspecified atom stereocenters. The van der Waals surface area contributed by atoms with Crippen LogP contribution in [0.4, 0.5) is 0 Å². The molecule has 70 heavy (non-hydrogen) atoms. The normalized spacial score (nSPS) is 12.3. The van der Waals surface area contributed by atoms with Gasteiger partial charge in [0.25, 0.3) is 0 Å². The van der Waals surface area contributed by atoms with E-state index in [1.54, 1.807) is 0 Å². The first-order chi connectivity index (χ1) is 34.5. The van der Waals surface area contributed by atoms with E-state index in [-0.39, 0.29) is 31.1 Å². The Balaban J connectivity index is 4.34. The van der Waals surface area contributed by atoms with Gasteiger partial charge in [0.15, 0.2) is 6.10 Å². The molecule has 408 valence electrons. The van der Waals surface area contributed by atoms with Gasteiger partial charge in [0.2, 0.25) is 0 Å². The fourth-order valence-corrected chi connectivity index (χ4v) is 8.96. The van der Waals surface area contributed by atoms with Crippen LogP contribution in [0, 0.1) is 0 Å². The molecule has 0 radical (unpaired) electrons. The van der Waals surface area contributed by atoms with Gasteiger partial charge in [-0.15, -0.1) is 0 Å². The van der Waals surface area contributed by atoms with Crippen LogP contribution in [-0.4, -0.2) is 37.2 Å². The lowest BCUT2D eigenvalue weighted by atomic mass is 10.0. The van der Waals surface area contributed by atoms with Crippen LogP contribution in [0.25, 0.3) is 0 Å². The maximum Gasteiger partial charge on any atom is 0.306 e.